The summed E-state index contributed by atoms with van der Waals surface area (Å²) in [6.45, 7) is 4.02. The fourth-order valence-electron chi connectivity index (χ4n) is 2.99. The van der Waals surface area contributed by atoms with E-state index < -0.39 is 6.10 Å². The van der Waals surface area contributed by atoms with Gasteiger partial charge in [-0.05, 0) is 42.5 Å². The van der Waals surface area contributed by atoms with Crippen LogP contribution in [0.3, 0.4) is 0 Å². The van der Waals surface area contributed by atoms with Crippen molar-refractivity contribution >= 4 is 15.9 Å². The first-order valence-corrected chi connectivity index (χ1v) is 8.58. The molecule has 20 heavy (non-hydrogen) atoms. The summed E-state index contributed by atoms with van der Waals surface area (Å²) in [7, 11) is 0. The molecule has 2 rings (SSSR count). The van der Waals surface area contributed by atoms with Gasteiger partial charge in [0.25, 0.3) is 0 Å². The lowest BCUT2D eigenvalue weighted by molar-refractivity contribution is 0.172. The topological polar surface area (TPSA) is 32.3 Å². The number of nitrogens with one attached hydrogen (secondary N) is 1. The van der Waals surface area contributed by atoms with E-state index >= 15 is 0 Å². The average Bonchev–Trinajstić information content (AvgIpc) is 2.45. The maximum atomic E-state index is 10.1. The van der Waals surface area contributed by atoms with Gasteiger partial charge in [0.15, 0.2) is 0 Å². The highest BCUT2D eigenvalue weighted by atomic mass is 79.9. The highest BCUT2D eigenvalue weighted by Crippen LogP contribution is 2.29. The molecule has 0 amide bonds. The fourth-order valence-corrected chi connectivity index (χ4v) is 3.41. The van der Waals surface area contributed by atoms with E-state index in [1.54, 1.807) is 0 Å². The molecule has 0 bridgehead atoms. The Morgan fingerprint density at radius 3 is 2.75 bits per heavy atom. The van der Waals surface area contributed by atoms with E-state index in [9.17, 15) is 5.11 Å². The summed E-state index contributed by atoms with van der Waals surface area (Å²) in [5.41, 5.74) is 0.971. The molecular formula is C17H26BrNO. The standard InChI is InChI=1S/C17H26BrNO/c1-13-5-7-14(8-6-13)9-10-19-12-17(20)15-3-2-4-16(18)11-15/h2-4,11,13-14,17,19-20H,5-10,12H2,1H3. The van der Waals surface area contributed by atoms with Crippen molar-refractivity contribution in [3.8, 4) is 0 Å². The third-order valence-electron chi connectivity index (χ3n) is 4.44. The molecule has 2 nitrogen and oxygen atoms in total. The van der Waals surface area contributed by atoms with Gasteiger partial charge in [-0.1, -0.05) is 60.7 Å². The van der Waals surface area contributed by atoms with E-state index in [-0.39, 0.29) is 0 Å². The minimum absolute atomic E-state index is 0.418. The van der Waals surface area contributed by atoms with Crippen LogP contribution in [-0.4, -0.2) is 18.2 Å². The van der Waals surface area contributed by atoms with Gasteiger partial charge in [0.05, 0.1) is 6.10 Å². The molecule has 1 aromatic rings. The Labute approximate surface area is 131 Å². The number of aliphatic hydroxyl groups is 1. The molecule has 1 atom stereocenters. The summed E-state index contributed by atoms with van der Waals surface area (Å²) >= 11 is 3.44. The first-order chi connectivity index (χ1) is 9.65. The Bertz CT molecular complexity index is 402. The second kappa shape index (κ2) is 8.16. The van der Waals surface area contributed by atoms with Crippen molar-refractivity contribution in [1.82, 2.24) is 5.32 Å². The minimum atomic E-state index is -0.418. The van der Waals surface area contributed by atoms with Crippen molar-refractivity contribution in [3.05, 3.63) is 34.3 Å². The normalized spacial score (nSPS) is 24.6. The first-order valence-electron chi connectivity index (χ1n) is 7.79. The van der Waals surface area contributed by atoms with E-state index in [0.717, 1.165) is 28.4 Å². The predicted molar refractivity (Wildman–Crippen MR) is 87.7 cm³/mol. The third kappa shape index (κ3) is 5.19. The van der Waals surface area contributed by atoms with Crippen LogP contribution < -0.4 is 5.32 Å². The van der Waals surface area contributed by atoms with E-state index in [0.29, 0.717) is 6.54 Å². The largest absolute Gasteiger partial charge is 0.387 e. The van der Waals surface area contributed by atoms with Gasteiger partial charge >= 0.3 is 0 Å². The molecule has 1 fully saturated rings. The smallest absolute Gasteiger partial charge is 0.0914 e. The van der Waals surface area contributed by atoms with Gasteiger partial charge < -0.3 is 10.4 Å². The molecule has 3 heteroatoms. The van der Waals surface area contributed by atoms with Crippen molar-refractivity contribution in [3.63, 3.8) is 0 Å². The third-order valence-corrected chi connectivity index (χ3v) is 4.93. The molecule has 0 spiro atoms. The number of aliphatic hydroxyl groups excluding tert-OH is 1. The molecule has 0 heterocycles. The second-order valence-electron chi connectivity index (χ2n) is 6.19. The lowest BCUT2D eigenvalue weighted by Crippen LogP contribution is -2.25. The molecule has 1 aliphatic rings. The number of hydrogen-bond acceptors (Lipinski definition) is 2. The maximum Gasteiger partial charge on any atom is 0.0914 e. The molecule has 0 saturated heterocycles. The van der Waals surface area contributed by atoms with Crippen molar-refractivity contribution in [2.24, 2.45) is 11.8 Å². The summed E-state index contributed by atoms with van der Waals surface area (Å²) in [5.74, 6) is 1.82. The molecular weight excluding hydrogens is 314 g/mol. The SMILES string of the molecule is CC1CCC(CCNCC(O)c2cccc(Br)c2)CC1. The van der Waals surface area contributed by atoms with Crippen LogP contribution in [0.1, 0.15) is 50.7 Å². The molecule has 112 valence electrons. The molecule has 1 saturated carbocycles. The van der Waals surface area contributed by atoms with Crippen LogP contribution in [0.4, 0.5) is 0 Å². The zero-order chi connectivity index (χ0) is 14.4. The summed E-state index contributed by atoms with van der Waals surface area (Å²) in [5, 5.41) is 13.5. The lowest BCUT2D eigenvalue weighted by Gasteiger charge is -2.26. The summed E-state index contributed by atoms with van der Waals surface area (Å²) in [4.78, 5) is 0. The van der Waals surface area contributed by atoms with Gasteiger partial charge in [0.2, 0.25) is 0 Å². The second-order valence-corrected chi connectivity index (χ2v) is 7.11. The van der Waals surface area contributed by atoms with Crippen LogP contribution in [0.25, 0.3) is 0 Å². The number of halogens is 1. The zero-order valence-corrected chi connectivity index (χ0v) is 13.9. The Balaban J connectivity index is 1.63. The van der Waals surface area contributed by atoms with Gasteiger partial charge in [0.1, 0.15) is 0 Å². The highest BCUT2D eigenvalue weighted by Gasteiger charge is 2.17. The molecule has 1 aliphatic carbocycles. The van der Waals surface area contributed by atoms with Crippen molar-refractivity contribution in [1.29, 1.82) is 0 Å². The monoisotopic (exact) mass is 339 g/mol. The Morgan fingerprint density at radius 2 is 2.05 bits per heavy atom. The van der Waals surface area contributed by atoms with Crippen LogP contribution in [0.5, 0.6) is 0 Å². The number of rotatable bonds is 6. The van der Waals surface area contributed by atoms with Crippen LogP contribution in [-0.2, 0) is 0 Å². The molecule has 0 radical (unpaired) electrons. The van der Waals surface area contributed by atoms with Gasteiger partial charge in [-0.25, -0.2) is 0 Å². The van der Waals surface area contributed by atoms with Crippen LogP contribution in [0.15, 0.2) is 28.7 Å². The van der Waals surface area contributed by atoms with Gasteiger partial charge in [-0.2, -0.15) is 0 Å². The molecule has 2 N–H and O–H groups in total. The average molecular weight is 340 g/mol. The molecule has 1 aromatic carbocycles. The van der Waals surface area contributed by atoms with Crippen molar-refractivity contribution in [2.45, 2.75) is 45.1 Å². The maximum absolute atomic E-state index is 10.1. The lowest BCUT2D eigenvalue weighted by atomic mass is 9.81. The zero-order valence-electron chi connectivity index (χ0n) is 12.3. The number of hydrogen-bond donors (Lipinski definition) is 2. The number of benzene rings is 1. The summed E-state index contributed by atoms with van der Waals surface area (Å²) < 4.78 is 1.02. The minimum Gasteiger partial charge on any atom is -0.387 e. The van der Waals surface area contributed by atoms with E-state index in [4.69, 9.17) is 0 Å². The van der Waals surface area contributed by atoms with Crippen LogP contribution in [0, 0.1) is 11.8 Å². The van der Waals surface area contributed by atoms with Gasteiger partial charge in [0, 0.05) is 11.0 Å². The molecule has 0 aliphatic heterocycles. The van der Waals surface area contributed by atoms with Crippen molar-refractivity contribution < 1.29 is 5.11 Å². The van der Waals surface area contributed by atoms with E-state index in [2.05, 4.69) is 28.2 Å². The molecule has 0 aromatic heterocycles. The highest BCUT2D eigenvalue weighted by molar-refractivity contribution is 9.10. The van der Waals surface area contributed by atoms with Gasteiger partial charge in [-0.3, -0.25) is 0 Å². The van der Waals surface area contributed by atoms with E-state index in [1.165, 1.54) is 32.1 Å². The van der Waals surface area contributed by atoms with Crippen molar-refractivity contribution in [2.75, 3.05) is 13.1 Å². The Morgan fingerprint density at radius 1 is 1.30 bits per heavy atom. The summed E-state index contributed by atoms with van der Waals surface area (Å²) in [6, 6.07) is 7.90. The Hall–Kier alpha value is -0.380. The Kier molecular flexibility index (Phi) is 6.53. The van der Waals surface area contributed by atoms with Crippen LogP contribution in [0.2, 0.25) is 0 Å². The predicted octanol–water partition coefficient (Wildman–Crippen LogP) is 4.29. The van der Waals surface area contributed by atoms with Gasteiger partial charge in [-0.15, -0.1) is 0 Å². The quantitative estimate of drug-likeness (QED) is 0.757. The first kappa shape index (κ1) is 16.0. The fraction of sp³-hybridized carbons (Fsp3) is 0.647. The summed E-state index contributed by atoms with van der Waals surface area (Å²) in [6.07, 6.45) is 6.39. The van der Waals surface area contributed by atoms with E-state index in [1.807, 2.05) is 24.3 Å². The molecule has 1 unspecified atom stereocenters. The van der Waals surface area contributed by atoms with Crippen LogP contribution >= 0.6 is 15.9 Å².